The predicted octanol–water partition coefficient (Wildman–Crippen LogP) is 4.57. The molecule has 6 heteroatoms. The van der Waals surface area contributed by atoms with Crippen LogP contribution in [0.25, 0.3) is 11.4 Å². The second kappa shape index (κ2) is 8.31. The summed E-state index contributed by atoms with van der Waals surface area (Å²) in [6.07, 6.45) is 1.66. The van der Waals surface area contributed by atoms with Crippen molar-refractivity contribution in [1.82, 2.24) is 15.0 Å². The second-order valence-corrected chi connectivity index (χ2v) is 6.35. The third kappa shape index (κ3) is 4.82. The van der Waals surface area contributed by atoms with E-state index in [1.807, 2.05) is 62.4 Å². The maximum absolute atomic E-state index is 12.6. The lowest BCUT2D eigenvalue weighted by Gasteiger charge is -2.19. The van der Waals surface area contributed by atoms with Crippen molar-refractivity contribution in [2.75, 3.05) is 11.9 Å². The van der Waals surface area contributed by atoms with Crippen LogP contribution >= 0.6 is 0 Å². The average molecular weight is 362 g/mol. The Hall–Kier alpha value is -3.41. The van der Waals surface area contributed by atoms with Gasteiger partial charge in [-0.3, -0.25) is 0 Å². The molecule has 0 saturated carbocycles. The Labute approximate surface area is 158 Å². The molecule has 0 spiro atoms. The third-order valence-corrected chi connectivity index (χ3v) is 4.01. The van der Waals surface area contributed by atoms with Crippen molar-refractivity contribution in [2.24, 2.45) is 0 Å². The highest BCUT2D eigenvalue weighted by Crippen LogP contribution is 2.18. The first-order valence-electron chi connectivity index (χ1n) is 8.68. The number of urea groups is 1. The second-order valence-electron chi connectivity index (χ2n) is 6.35. The Morgan fingerprint density at radius 2 is 1.96 bits per heavy atom. The van der Waals surface area contributed by atoms with Crippen LogP contribution in [0.3, 0.4) is 0 Å². The molecule has 0 aliphatic heterocycles. The Morgan fingerprint density at radius 3 is 2.67 bits per heavy atom. The molecule has 0 atom stereocenters. The number of anilines is 1. The Bertz CT molecular complexity index is 931. The van der Waals surface area contributed by atoms with Gasteiger partial charge in [0.15, 0.2) is 0 Å². The van der Waals surface area contributed by atoms with Gasteiger partial charge in [-0.1, -0.05) is 52.7 Å². The molecule has 27 heavy (non-hydrogen) atoms. The van der Waals surface area contributed by atoms with Crippen LogP contribution in [0, 0.1) is 13.8 Å². The van der Waals surface area contributed by atoms with Crippen LogP contribution in [0.2, 0.25) is 0 Å². The molecule has 2 aromatic carbocycles. The van der Waals surface area contributed by atoms with Crippen molar-refractivity contribution < 1.29 is 9.32 Å². The first-order valence-corrected chi connectivity index (χ1v) is 8.68. The van der Waals surface area contributed by atoms with Gasteiger partial charge in [-0.25, -0.2) is 4.79 Å². The Balaban J connectivity index is 1.71. The van der Waals surface area contributed by atoms with E-state index in [0.29, 0.717) is 18.3 Å². The first-order chi connectivity index (χ1) is 13.0. The number of nitrogens with zero attached hydrogens (tertiary/aromatic N) is 3. The number of amides is 2. The van der Waals surface area contributed by atoms with E-state index in [4.69, 9.17) is 4.52 Å². The quantitative estimate of drug-likeness (QED) is 0.652. The summed E-state index contributed by atoms with van der Waals surface area (Å²) in [6, 6.07) is 15.2. The van der Waals surface area contributed by atoms with Gasteiger partial charge in [-0.05, 0) is 32.0 Å². The fraction of sp³-hybridized carbons (Fsp3) is 0.190. The van der Waals surface area contributed by atoms with Crippen molar-refractivity contribution in [3.8, 4) is 11.4 Å². The number of hydrogen-bond acceptors (Lipinski definition) is 4. The molecule has 3 rings (SSSR count). The summed E-state index contributed by atoms with van der Waals surface area (Å²) in [5, 5.41) is 6.89. The normalized spacial score (nSPS) is 10.4. The monoisotopic (exact) mass is 362 g/mol. The molecule has 138 valence electrons. The van der Waals surface area contributed by atoms with Crippen LogP contribution < -0.4 is 5.32 Å². The molecular formula is C21H22N4O2. The van der Waals surface area contributed by atoms with Crippen molar-refractivity contribution >= 4 is 11.7 Å². The maximum atomic E-state index is 12.6. The molecule has 0 fully saturated rings. The molecular weight excluding hydrogens is 340 g/mol. The van der Waals surface area contributed by atoms with E-state index >= 15 is 0 Å². The SMILES string of the molecule is C=CCN(Cc1nc(-c2cccc(C)c2)no1)C(=O)Nc1ccc(C)cc1. The highest BCUT2D eigenvalue weighted by Gasteiger charge is 2.17. The standard InChI is InChI=1S/C21H22N4O2/c1-4-12-25(21(26)22-18-10-8-15(2)9-11-18)14-19-23-20(24-27-19)17-7-5-6-16(3)13-17/h4-11,13H,1,12,14H2,2-3H3,(H,22,26). The van der Waals surface area contributed by atoms with Crippen LogP contribution in [0.5, 0.6) is 0 Å². The lowest BCUT2D eigenvalue weighted by Crippen LogP contribution is -2.34. The van der Waals surface area contributed by atoms with Crippen molar-refractivity contribution in [1.29, 1.82) is 0 Å². The highest BCUT2D eigenvalue weighted by molar-refractivity contribution is 5.89. The summed E-state index contributed by atoms with van der Waals surface area (Å²) in [4.78, 5) is 18.6. The number of carbonyl (C=O) groups is 1. The minimum Gasteiger partial charge on any atom is -0.337 e. The smallest absolute Gasteiger partial charge is 0.322 e. The van der Waals surface area contributed by atoms with Gasteiger partial charge in [0.1, 0.15) is 6.54 Å². The molecule has 0 aliphatic rings. The number of benzene rings is 2. The minimum absolute atomic E-state index is 0.197. The summed E-state index contributed by atoms with van der Waals surface area (Å²) in [5.74, 6) is 0.874. The number of hydrogen-bond donors (Lipinski definition) is 1. The topological polar surface area (TPSA) is 71.3 Å². The van der Waals surface area contributed by atoms with Crippen LogP contribution in [0.1, 0.15) is 17.0 Å². The minimum atomic E-state index is -0.256. The van der Waals surface area contributed by atoms with Gasteiger partial charge in [-0.2, -0.15) is 4.98 Å². The number of carbonyl (C=O) groups excluding carboxylic acids is 1. The van der Waals surface area contributed by atoms with E-state index in [1.54, 1.807) is 11.0 Å². The van der Waals surface area contributed by atoms with E-state index in [2.05, 4.69) is 22.0 Å². The molecule has 0 aliphatic carbocycles. The van der Waals surface area contributed by atoms with E-state index in [1.165, 1.54) is 0 Å². The lowest BCUT2D eigenvalue weighted by atomic mass is 10.1. The number of aromatic nitrogens is 2. The number of rotatable bonds is 6. The van der Waals surface area contributed by atoms with Gasteiger partial charge < -0.3 is 14.7 Å². The summed E-state index contributed by atoms with van der Waals surface area (Å²) in [7, 11) is 0. The molecule has 6 nitrogen and oxygen atoms in total. The van der Waals surface area contributed by atoms with E-state index < -0.39 is 0 Å². The van der Waals surface area contributed by atoms with Gasteiger partial charge in [0.05, 0.1) is 0 Å². The number of nitrogens with one attached hydrogen (secondary N) is 1. The van der Waals surface area contributed by atoms with Gasteiger partial charge in [-0.15, -0.1) is 6.58 Å². The van der Waals surface area contributed by atoms with Crippen LogP contribution in [-0.4, -0.2) is 27.6 Å². The van der Waals surface area contributed by atoms with Crippen molar-refractivity contribution in [3.05, 3.63) is 78.2 Å². The average Bonchev–Trinajstić information content (AvgIpc) is 3.12. The lowest BCUT2D eigenvalue weighted by molar-refractivity contribution is 0.206. The largest absolute Gasteiger partial charge is 0.337 e. The Kier molecular flexibility index (Phi) is 5.66. The van der Waals surface area contributed by atoms with Gasteiger partial charge >= 0.3 is 6.03 Å². The fourth-order valence-electron chi connectivity index (χ4n) is 2.60. The zero-order valence-electron chi connectivity index (χ0n) is 15.5. The van der Waals surface area contributed by atoms with Crippen LogP contribution in [0.15, 0.2) is 65.7 Å². The molecule has 0 bridgehead atoms. The molecule has 1 aromatic heterocycles. The van der Waals surface area contributed by atoms with Crippen LogP contribution in [-0.2, 0) is 6.54 Å². The van der Waals surface area contributed by atoms with Gasteiger partial charge in [0, 0.05) is 17.8 Å². The molecule has 0 unspecified atom stereocenters. The molecule has 0 radical (unpaired) electrons. The first kappa shape index (κ1) is 18.4. The highest BCUT2D eigenvalue weighted by atomic mass is 16.5. The van der Waals surface area contributed by atoms with Gasteiger partial charge in [0.2, 0.25) is 11.7 Å². The molecule has 3 aromatic rings. The predicted molar refractivity (Wildman–Crippen MR) is 105 cm³/mol. The summed E-state index contributed by atoms with van der Waals surface area (Å²) >= 11 is 0. The van der Waals surface area contributed by atoms with E-state index in [-0.39, 0.29) is 12.6 Å². The van der Waals surface area contributed by atoms with E-state index in [9.17, 15) is 4.79 Å². The maximum Gasteiger partial charge on any atom is 0.322 e. The van der Waals surface area contributed by atoms with Crippen LogP contribution in [0.4, 0.5) is 10.5 Å². The molecule has 0 saturated heterocycles. The van der Waals surface area contributed by atoms with Gasteiger partial charge in [0.25, 0.3) is 0 Å². The molecule has 1 N–H and O–H groups in total. The van der Waals surface area contributed by atoms with E-state index in [0.717, 1.165) is 22.4 Å². The Morgan fingerprint density at radius 1 is 1.19 bits per heavy atom. The zero-order valence-corrected chi connectivity index (χ0v) is 15.5. The third-order valence-electron chi connectivity index (χ3n) is 4.01. The summed E-state index contributed by atoms with van der Waals surface area (Å²) in [5.41, 5.74) is 3.85. The van der Waals surface area contributed by atoms with Crippen molar-refractivity contribution in [2.45, 2.75) is 20.4 Å². The molecule has 1 heterocycles. The van der Waals surface area contributed by atoms with Crippen molar-refractivity contribution in [3.63, 3.8) is 0 Å². The molecule has 2 amide bonds. The summed E-state index contributed by atoms with van der Waals surface area (Å²) < 4.78 is 5.33. The number of aryl methyl sites for hydroxylation is 2. The fourth-order valence-corrected chi connectivity index (χ4v) is 2.60. The summed E-state index contributed by atoms with van der Waals surface area (Å²) in [6.45, 7) is 8.28. The zero-order chi connectivity index (χ0) is 19.2.